The SMILES string of the molecule is CNCc1cnc(Oc2c(Cl)cccc2[N+](=O)[O-])nc1. The number of hydrogen-bond acceptors (Lipinski definition) is 6. The normalized spacial score (nSPS) is 10.3. The molecule has 0 saturated heterocycles. The van der Waals surface area contributed by atoms with Crippen molar-refractivity contribution in [3.8, 4) is 11.8 Å². The molecule has 1 aromatic heterocycles. The molecule has 0 aliphatic heterocycles. The molecule has 104 valence electrons. The largest absolute Gasteiger partial charge is 0.415 e. The van der Waals surface area contributed by atoms with E-state index < -0.39 is 4.92 Å². The van der Waals surface area contributed by atoms with E-state index in [-0.39, 0.29) is 22.5 Å². The Balaban J connectivity index is 2.27. The lowest BCUT2D eigenvalue weighted by Crippen LogP contribution is -2.06. The fraction of sp³-hybridized carbons (Fsp3) is 0.167. The molecule has 0 atom stereocenters. The fourth-order valence-electron chi connectivity index (χ4n) is 1.52. The number of nitrogens with one attached hydrogen (secondary N) is 1. The summed E-state index contributed by atoms with van der Waals surface area (Å²) in [5.74, 6) is -0.0690. The Morgan fingerprint density at radius 2 is 2.10 bits per heavy atom. The highest BCUT2D eigenvalue weighted by molar-refractivity contribution is 6.32. The molecule has 0 radical (unpaired) electrons. The standard InChI is InChI=1S/C12H11ClN4O3/c1-14-5-8-6-15-12(16-7-8)20-11-9(13)3-2-4-10(11)17(18)19/h2-4,6-7,14H,5H2,1H3. The van der Waals surface area contributed by atoms with E-state index in [1.807, 2.05) is 0 Å². The molecule has 0 bridgehead atoms. The van der Waals surface area contributed by atoms with Gasteiger partial charge in [0.05, 0.1) is 9.95 Å². The van der Waals surface area contributed by atoms with Gasteiger partial charge >= 0.3 is 11.7 Å². The molecule has 2 rings (SSSR count). The molecule has 0 aliphatic carbocycles. The van der Waals surface area contributed by atoms with Crippen molar-refractivity contribution in [2.75, 3.05) is 7.05 Å². The molecule has 2 aromatic rings. The highest BCUT2D eigenvalue weighted by Gasteiger charge is 2.19. The van der Waals surface area contributed by atoms with Crippen LogP contribution in [0.1, 0.15) is 5.56 Å². The lowest BCUT2D eigenvalue weighted by molar-refractivity contribution is -0.385. The third kappa shape index (κ3) is 3.19. The molecule has 0 saturated carbocycles. The number of nitrogens with zero attached hydrogens (tertiary/aromatic N) is 3. The van der Waals surface area contributed by atoms with Crippen molar-refractivity contribution in [3.63, 3.8) is 0 Å². The van der Waals surface area contributed by atoms with Gasteiger partial charge in [0, 0.05) is 30.6 Å². The van der Waals surface area contributed by atoms with Crippen LogP contribution in [-0.4, -0.2) is 21.9 Å². The van der Waals surface area contributed by atoms with Crippen molar-refractivity contribution in [1.29, 1.82) is 0 Å². The van der Waals surface area contributed by atoms with Crippen LogP contribution in [0.3, 0.4) is 0 Å². The molecule has 0 unspecified atom stereocenters. The Bertz CT molecular complexity index is 619. The predicted octanol–water partition coefficient (Wildman–Crippen LogP) is 2.55. The quantitative estimate of drug-likeness (QED) is 0.673. The number of para-hydroxylation sites is 1. The molecule has 0 aliphatic rings. The second kappa shape index (κ2) is 6.27. The van der Waals surface area contributed by atoms with Gasteiger partial charge in [-0.2, -0.15) is 0 Å². The number of rotatable bonds is 5. The monoisotopic (exact) mass is 294 g/mol. The summed E-state index contributed by atoms with van der Waals surface area (Å²) in [6, 6.07) is 4.28. The first-order valence-electron chi connectivity index (χ1n) is 5.68. The molecule has 20 heavy (non-hydrogen) atoms. The minimum Gasteiger partial charge on any atom is -0.415 e. The molecule has 0 fully saturated rings. The predicted molar refractivity (Wildman–Crippen MR) is 73.0 cm³/mol. The van der Waals surface area contributed by atoms with E-state index in [9.17, 15) is 10.1 Å². The minimum atomic E-state index is -0.573. The van der Waals surface area contributed by atoms with Crippen LogP contribution in [0.15, 0.2) is 30.6 Å². The molecule has 1 heterocycles. The Morgan fingerprint density at radius 1 is 1.40 bits per heavy atom. The summed E-state index contributed by atoms with van der Waals surface area (Å²) in [4.78, 5) is 18.3. The average molecular weight is 295 g/mol. The van der Waals surface area contributed by atoms with Gasteiger partial charge in [-0.25, -0.2) is 9.97 Å². The van der Waals surface area contributed by atoms with Crippen LogP contribution in [0.25, 0.3) is 0 Å². The molecule has 1 N–H and O–H groups in total. The van der Waals surface area contributed by atoms with Gasteiger partial charge in [0.2, 0.25) is 5.75 Å². The number of halogens is 1. The van der Waals surface area contributed by atoms with Crippen LogP contribution in [-0.2, 0) is 6.54 Å². The first-order chi connectivity index (χ1) is 9.61. The number of aromatic nitrogens is 2. The summed E-state index contributed by atoms with van der Waals surface area (Å²) in [6.45, 7) is 0.618. The molecular weight excluding hydrogens is 284 g/mol. The van der Waals surface area contributed by atoms with E-state index >= 15 is 0 Å². The van der Waals surface area contributed by atoms with E-state index in [4.69, 9.17) is 16.3 Å². The lowest BCUT2D eigenvalue weighted by atomic mass is 10.3. The third-order valence-corrected chi connectivity index (χ3v) is 2.70. The topological polar surface area (TPSA) is 90.2 Å². The minimum absolute atomic E-state index is 0.000975. The van der Waals surface area contributed by atoms with E-state index in [1.165, 1.54) is 18.2 Å². The molecule has 7 nitrogen and oxygen atoms in total. The van der Waals surface area contributed by atoms with Gasteiger partial charge in [-0.1, -0.05) is 17.7 Å². The van der Waals surface area contributed by atoms with Gasteiger partial charge in [0.1, 0.15) is 0 Å². The number of hydrogen-bond donors (Lipinski definition) is 1. The third-order valence-electron chi connectivity index (χ3n) is 2.40. The summed E-state index contributed by atoms with van der Waals surface area (Å²) in [5.41, 5.74) is 0.633. The molecule has 0 spiro atoms. The number of nitro groups is 1. The van der Waals surface area contributed by atoms with E-state index in [0.29, 0.717) is 6.54 Å². The maximum atomic E-state index is 10.9. The maximum Gasteiger partial charge on any atom is 0.322 e. The van der Waals surface area contributed by atoms with Crippen LogP contribution < -0.4 is 10.1 Å². The van der Waals surface area contributed by atoms with Gasteiger partial charge < -0.3 is 10.1 Å². The Kier molecular flexibility index (Phi) is 4.44. The summed E-state index contributed by atoms with van der Waals surface area (Å²) in [5, 5.41) is 14.0. The molecular formula is C12H11ClN4O3. The smallest absolute Gasteiger partial charge is 0.322 e. The van der Waals surface area contributed by atoms with Crippen molar-refractivity contribution in [3.05, 3.63) is 51.3 Å². The van der Waals surface area contributed by atoms with E-state index in [0.717, 1.165) is 5.56 Å². The van der Waals surface area contributed by atoms with Gasteiger partial charge in [0.15, 0.2) is 0 Å². The molecule has 0 amide bonds. The van der Waals surface area contributed by atoms with Gasteiger partial charge in [-0.05, 0) is 13.1 Å². The Labute approximate surface area is 119 Å². The van der Waals surface area contributed by atoms with Crippen LogP contribution in [0, 0.1) is 10.1 Å². The zero-order valence-corrected chi connectivity index (χ0v) is 11.3. The summed E-state index contributed by atoms with van der Waals surface area (Å²) < 4.78 is 5.32. The second-order valence-electron chi connectivity index (χ2n) is 3.85. The van der Waals surface area contributed by atoms with Crippen molar-refractivity contribution in [1.82, 2.24) is 15.3 Å². The van der Waals surface area contributed by atoms with Crippen molar-refractivity contribution < 1.29 is 9.66 Å². The van der Waals surface area contributed by atoms with Gasteiger partial charge in [-0.15, -0.1) is 0 Å². The lowest BCUT2D eigenvalue weighted by Gasteiger charge is -2.06. The van der Waals surface area contributed by atoms with Crippen molar-refractivity contribution in [2.45, 2.75) is 6.54 Å². The average Bonchev–Trinajstić information content (AvgIpc) is 2.43. The van der Waals surface area contributed by atoms with E-state index in [2.05, 4.69) is 15.3 Å². The zero-order valence-electron chi connectivity index (χ0n) is 10.5. The number of benzene rings is 1. The van der Waals surface area contributed by atoms with Crippen molar-refractivity contribution >= 4 is 17.3 Å². The molecule has 1 aromatic carbocycles. The fourth-order valence-corrected chi connectivity index (χ4v) is 1.73. The summed E-state index contributed by atoms with van der Waals surface area (Å²) in [7, 11) is 1.80. The van der Waals surface area contributed by atoms with Crippen LogP contribution in [0.2, 0.25) is 5.02 Å². The van der Waals surface area contributed by atoms with E-state index in [1.54, 1.807) is 19.4 Å². The Hall–Kier alpha value is -2.25. The number of nitro benzene ring substituents is 1. The van der Waals surface area contributed by atoms with Crippen LogP contribution in [0.4, 0.5) is 5.69 Å². The summed E-state index contributed by atoms with van der Waals surface area (Å²) in [6.07, 6.45) is 3.14. The first-order valence-corrected chi connectivity index (χ1v) is 6.06. The zero-order chi connectivity index (χ0) is 14.5. The van der Waals surface area contributed by atoms with Crippen molar-refractivity contribution in [2.24, 2.45) is 0 Å². The second-order valence-corrected chi connectivity index (χ2v) is 4.26. The molecule has 8 heteroatoms. The summed E-state index contributed by atoms with van der Waals surface area (Å²) >= 11 is 5.91. The number of ether oxygens (including phenoxy) is 1. The highest BCUT2D eigenvalue weighted by atomic mass is 35.5. The van der Waals surface area contributed by atoms with Gasteiger partial charge in [0.25, 0.3) is 0 Å². The first kappa shape index (κ1) is 14.2. The van der Waals surface area contributed by atoms with Gasteiger partial charge in [-0.3, -0.25) is 10.1 Å². The Morgan fingerprint density at radius 3 is 2.70 bits per heavy atom. The maximum absolute atomic E-state index is 10.9. The van der Waals surface area contributed by atoms with Crippen LogP contribution >= 0.6 is 11.6 Å². The van der Waals surface area contributed by atoms with Crippen LogP contribution in [0.5, 0.6) is 11.8 Å². The highest BCUT2D eigenvalue weighted by Crippen LogP contribution is 2.36.